The molecule has 28 heavy (non-hydrogen) atoms. The SMILES string of the molecule is CC(C)[C@H](NC(=O)c1ccco1)C(=O)NNC(=O)c1ccc2ccccc2n1. The minimum atomic E-state index is -0.859. The van der Waals surface area contributed by atoms with Gasteiger partial charge in [-0.15, -0.1) is 0 Å². The summed E-state index contributed by atoms with van der Waals surface area (Å²) in [6, 6.07) is 13.0. The maximum atomic E-state index is 12.4. The van der Waals surface area contributed by atoms with Crippen LogP contribution in [0.15, 0.2) is 59.2 Å². The minimum Gasteiger partial charge on any atom is -0.459 e. The van der Waals surface area contributed by atoms with Gasteiger partial charge in [-0.2, -0.15) is 0 Å². The molecule has 0 bridgehead atoms. The van der Waals surface area contributed by atoms with Gasteiger partial charge in [0.2, 0.25) is 0 Å². The number of aromatic nitrogens is 1. The van der Waals surface area contributed by atoms with Crippen molar-refractivity contribution in [3.05, 3.63) is 66.2 Å². The Balaban J connectivity index is 1.62. The molecule has 0 spiro atoms. The van der Waals surface area contributed by atoms with Gasteiger partial charge in [0.1, 0.15) is 11.7 Å². The first-order chi connectivity index (χ1) is 13.5. The molecule has 3 amide bonds. The van der Waals surface area contributed by atoms with Crippen LogP contribution in [0.25, 0.3) is 10.9 Å². The highest BCUT2D eigenvalue weighted by molar-refractivity contribution is 5.98. The largest absolute Gasteiger partial charge is 0.459 e. The molecule has 8 nitrogen and oxygen atoms in total. The molecule has 0 saturated carbocycles. The lowest BCUT2D eigenvalue weighted by Gasteiger charge is -2.21. The van der Waals surface area contributed by atoms with Crippen LogP contribution in [-0.2, 0) is 4.79 Å². The molecule has 0 aliphatic heterocycles. The summed E-state index contributed by atoms with van der Waals surface area (Å²) in [5.74, 6) is -1.73. The van der Waals surface area contributed by atoms with Crippen molar-refractivity contribution in [3.8, 4) is 0 Å². The van der Waals surface area contributed by atoms with E-state index in [-0.39, 0.29) is 17.4 Å². The van der Waals surface area contributed by atoms with Crippen molar-refractivity contribution in [3.63, 3.8) is 0 Å². The Morgan fingerprint density at radius 3 is 2.43 bits per heavy atom. The number of carbonyl (C=O) groups is 3. The van der Waals surface area contributed by atoms with Crippen LogP contribution in [0.2, 0.25) is 0 Å². The fraction of sp³-hybridized carbons (Fsp3) is 0.200. The Labute approximate surface area is 161 Å². The number of rotatable bonds is 5. The number of furan rings is 1. The number of nitrogens with zero attached hydrogens (tertiary/aromatic N) is 1. The third-order valence-electron chi connectivity index (χ3n) is 4.11. The Kier molecular flexibility index (Phi) is 5.69. The zero-order chi connectivity index (χ0) is 20.1. The molecule has 3 aromatic rings. The van der Waals surface area contributed by atoms with Crippen molar-refractivity contribution in [2.75, 3.05) is 0 Å². The van der Waals surface area contributed by atoms with E-state index in [1.165, 1.54) is 12.3 Å². The van der Waals surface area contributed by atoms with Crippen LogP contribution in [0.1, 0.15) is 34.9 Å². The van der Waals surface area contributed by atoms with E-state index < -0.39 is 23.8 Å². The molecule has 0 aliphatic carbocycles. The van der Waals surface area contributed by atoms with Crippen LogP contribution in [0, 0.1) is 5.92 Å². The van der Waals surface area contributed by atoms with E-state index >= 15 is 0 Å². The summed E-state index contributed by atoms with van der Waals surface area (Å²) in [6.07, 6.45) is 1.37. The minimum absolute atomic E-state index is 0.0999. The highest BCUT2D eigenvalue weighted by Crippen LogP contribution is 2.11. The van der Waals surface area contributed by atoms with Gasteiger partial charge in [0.25, 0.3) is 17.7 Å². The zero-order valence-electron chi connectivity index (χ0n) is 15.4. The second-order valence-corrected chi connectivity index (χ2v) is 6.51. The molecule has 144 valence electrons. The van der Waals surface area contributed by atoms with Crippen LogP contribution in [0.4, 0.5) is 0 Å². The maximum absolute atomic E-state index is 12.4. The highest BCUT2D eigenvalue weighted by Gasteiger charge is 2.26. The van der Waals surface area contributed by atoms with E-state index in [2.05, 4.69) is 21.2 Å². The van der Waals surface area contributed by atoms with Crippen molar-refractivity contribution >= 4 is 28.6 Å². The summed E-state index contributed by atoms with van der Waals surface area (Å²) >= 11 is 0. The van der Waals surface area contributed by atoms with Gasteiger partial charge in [0.05, 0.1) is 11.8 Å². The predicted molar refractivity (Wildman–Crippen MR) is 102 cm³/mol. The van der Waals surface area contributed by atoms with Crippen molar-refractivity contribution < 1.29 is 18.8 Å². The van der Waals surface area contributed by atoms with Crippen LogP contribution < -0.4 is 16.2 Å². The Bertz CT molecular complexity index is 998. The third-order valence-corrected chi connectivity index (χ3v) is 4.11. The number of para-hydroxylation sites is 1. The van der Waals surface area contributed by atoms with Gasteiger partial charge >= 0.3 is 0 Å². The molecule has 3 rings (SSSR count). The Morgan fingerprint density at radius 1 is 0.929 bits per heavy atom. The summed E-state index contributed by atoms with van der Waals surface area (Å²) < 4.78 is 5.03. The molecular weight excluding hydrogens is 360 g/mol. The number of hydrazine groups is 1. The van der Waals surface area contributed by atoms with Gasteiger partial charge < -0.3 is 9.73 Å². The topological polar surface area (TPSA) is 113 Å². The first-order valence-electron chi connectivity index (χ1n) is 8.76. The standard InChI is InChI=1S/C20H20N4O4/c1-12(2)17(22-19(26)16-8-5-11-28-16)20(27)24-23-18(25)15-10-9-13-6-3-4-7-14(13)21-15/h3-12,17H,1-2H3,(H,22,26)(H,23,25)(H,24,27)/t17-/m0/s1. The highest BCUT2D eigenvalue weighted by atomic mass is 16.3. The lowest BCUT2D eigenvalue weighted by Crippen LogP contribution is -2.54. The molecule has 1 atom stereocenters. The van der Waals surface area contributed by atoms with Crippen LogP contribution in [0.3, 0.4) is 0 Å². The molecule has 0 aliphatic rings. The number of fused-ring (bicyclic) bond motifs is 1. The molecule has 8 heteroatoms. The fourth-order valence-electron chi connectivity index (χ4n) is 2.61. The van der Waals surface area contributed by atoms with Crippen molar-refractivity contribution in [1.82, 2.24) is 21.2 Å². The summed E-state index contributed by atoms with van der Waals surface area (Å²) in [5.41, 5.74) is 5.51. The third kappa shape index (κ3) is 4.35. The molecule has 0 radical (unpaired) electrons. The fourth-order valence-corrected chi connectivity index (χ4v) is 2.61. The Hall–Kier alpha value is -3.68. The normalized spacial score (nSPS) is 11.8. The van der Waals surface area contributed by atoms with E-state index in [1.54, 1.807) is 38.1 Å². The van der Waals surface area contributed by atoms with E-state index in [0.717, 1.165) is 5.39 Å². The number of amides is 3. The van der Waals surface area contributed by atoms with Crippen LogP contribution in [-0.4, -0.2) is 28.7 Å². The summed E-state index contributed by atoms with van der Waals surface area (Å²) in [4.78, 5) is 41.1. The summed E-state index contributed by atoms with van der Waals surface area (Å²) in [5, 5.41) is 3.50. The van der Waals surface area contributed by atoms with Crippen LogP contribution >= 0.6 is 0 Å². The zero-order valence-corrected chi connectivity index (χ0v) is 15.4. The van der Waals surface area contributed by atoms with E-state index in [1.807, 2.05) is 18.2 Å². The first-order valence-corrected chi connectivity index (χ1v) is 8.76. The second kappa shape index (κ2) is 8.34. The van der Waals surface area contributed by atoms with E-state index in [0.29, 0.717) is 5.52 Å². The van der Waals surface area contributed by atoms with Crippen molar-refractivity contribution in [2.24, 2.45) is 5.92 Å². The monoisotopic (exact) mass is 380 g/mol. The van der Waals surface area contributed by atoms with Gasteiger partial charge in [0.15, 0.2) is 5.76 Å². The first kappa shape index (κ1) is 19.1. The molecule has 0 fully saturated rings. The lowest BCUT2D eigenvalue weighted by atomic mass is 10.0. The second-order valence-electron chi connectivity index (χ2n) is 6.51. The van der Waals surface area contributed by atoms with E-state index in [4.69, 9.17) is 4.42 Å². The molecule has 1 aromatic carbocycles. The molecule has 3 N–H and O–H groups in total. The van der Waals surface area contributed by atoms with Gasteiger partial charge in [-0.25, -0.2) is 4.98 Å². The number of hydrogen-bond acceptors (Lipinski definition) is 5. The van der Waals surface area contributed by atoms with Crippen molar-refractivity contribution in [2.45, 2.75) is 19.9 Å². The number of pyridine rings is 1. The Morgan fingerprint density at radius 2 is 1.71 bits per heavy atom. The number of nitrogens with one attached hydrogen (secondary N) is 3. The number of hydrogen-bond donors (Lipinski definition) is 3. The number of benzene rings is 1. The van der Waals surface area contributed by atoms with Crippen LogP contribution in [0.5, 0.6) is 0 Å². The van der Waals surface area contributed by atoms with Gasteiger partial charge in [-0.05, 0) is 30.2 Å². The lowest BCUT2D eigenvalue weighted by molar-refractivity contribution is -0.124. The summed E-state index contributed by atoms with van der Waals surface area (Å²) in [6.45, 7) is 3.55. The quantitative estimate of drug-likeness (QED) is 0.586. The van der Waals surface area contributed by atoms with Gasteiger partial charge in [0, 0.05) is 5.39 Å². The average molecular weight is 380 g/mol. The molecule has 2 aromatic heterocycles. The molecule has 0 unspecified atom stereocenters. The molecule has 0 saturated heterocycles. The van der Waals surface area contributed by atoms with Gasteiger partial charge in [-0.3, -0.25) is 25.2 Å². The average Bonchev–Trinajstić information content (AvgIpc) is 3.24. The molecule has 2 heterocycles. The maximum Gasteiger partial charge on any atom is 0.288 e. The smallest absolute Gasteiger partial charge is 0.288 e. The number of carbonyl (C=O) groups excluding carboxylic acids is 3. The predicted octanol–water partition coefficient (Wildman–Crippen LogP) is 2.04. The van der Waals surface area contributed by atoms with Gasteiger partial charge in [-0.1, -0.05) is 38.1 Å². The summed E-state index contributed by atoms with van der Waals surface area (Å²) in [7, 11) is 0. The molecular formula is C20H20N4O4. The van der Waals surface area contributed by atoms with Crippen molar-refractivity contribution in [1.29, 1.82) is 0 Å². The van der Waals surface area contributed by atoms with E-state index in [9.17, 15) is 14.4 Å².